The molecule has 0 radical (unpaired) electrons. The number of hydrogen-bond donors (Lipinski definition) is 2. The Morgan fingerprint density at radius 1 is 1.06 bits per heavy atom. The van der Waals surface area contributed by atoms with Crippen LogP contribution in [0.1, 0.15) is 67.3 Å². The summed E-state index contributed by atoms with van der Waals surface area (Å²) in [6.45, 7) is 3.90. The van der Waals surface area contributed by atoms with Crippen LogP contribution in [0, 0.1) is 5.92 Å². The summed E-state index contributed by atoms with van der Waals surface area (Å²) >= 11 is 1.39. The van der Waals surface area contributed by atoms with E-state index in [9.17, 15) is 19.2 Å². The van der Waals surface area contributed by atoms with E-state index >= 15 is 0 Å². The maximum Gasteiger partial charge on any atom is 0.262 e. The lowest BCUT2D eigenvalue weighted by Gasteiger charge is -2.28. The van der Waals surface area contributed by atoms with Gasteiger partial charge in [-0.15, -0.1) is 11.3 Å². The first-order chi connectivity index (χ1) is 17.4. The first-order valence-electron chi connectivity index (χ1n) is 12.0. The fourth-order valence-electron chi connectivity index (χ4n) is 4.87. The number of fused-ring (bicyclic) bond motifs is 2. The number of amides is 4. The number of anilines is 1. The number of aryl methyl sites for hydroxylation is 1. The second kappa shape index (κ2) is 9.66. The van der Waals surface area contributed by atoms with Crippen molar-refractivity contribution in [2.75, 3.05) is 5.32 Å². The lowest BCUT2D eigenvalue weighted by molar-refractivity contribution is -0.121. The third kappa shape index (κ3) is 4.19. The third-order valence-corrected chi connectivity index (χ3v) is 7.77. The smallest absolute Gasteiger partial charge is 0.262 e. The minimum absolute atomic E-state index is 0.268. The number of rotatable bonds is 7. The minimum atomic E-state index is -1.01. The highest BCUT2D eigenvalue weighted by atomic mass is 32.1. The quantitative estimate of drug-likeness (QED) is 0.478. The molecule has 0 bridgehead atoms. The molecule has 4 amide bonds. The van der Waals surface area contributed by atoms with Crippen molar-refractivity contribution < 1.29 is 19.2 Å². The van der Waals surface area contributed by atoms with Crippen molar-refractivity contribution in [3.63, 3.8) is 0 Å². The van der Waals surface area contributed by atoms with E-state index in [1.54, 1.807) is 56.6 Å². The van der Waals surface area contributed by atoms with Crippen LogP contribution in [-0.2, 0) is 24.2 Å². The van der Waals surface area contributed by atoms with E-state index in [0.29, 0.717) is 28.2 Å². The Balaban J connectivity index is 1.40. The fraction of sp³-hybridized carbons (Fsp3) is 0.296. The zero-order chi connectivity index (χ0) is 25.4. The van der Waals surface area contributed by atoms with Gasteiger partial charge in [-0.25, -0.2) is 0 Å². The topological polar surface area (TPSA) is 108 Å². The highest BCUT2D eigenvalue weighted by molar-refractivity contribution is 7.17. The molecule has 1 aliphatic carbocycles. The van der Waals surface area contributed by atoms with Crippen LogP contribution >= 0.6 is 11.3 Å². The van der Waals surface area contributed by atoms with Crippen molar-refractivity contribution >= 4 is 40.0 Å². The molecule has 1 atom stereocenters. The van der Waals surface area contributed by atoms with Gasteiger partial charge in [0.1, 0.15) is 11.0 Å². The van der Waals surface area contributed by atoms with Gasteiger partial charge in [0.2, 0.25) is 5.91 Å². The summed E-state index contributed by atoms with van der Waals surface area (Å²) in [6, 6.07) is 9.26. The van der Waals surface area contributed by atoms with Crippen molar-refractivity contribution in [3.8, 4) is 0 Å². The standard InChI is InChI=1S/C27H26N4O4S/c1-15(2)22(31-26(34)17-8-3-4-9-18(17)27(31)35)24(33)30-25-21(19-10-5-11-20(19)36-25)23(32)29-14-16-7-6-12-28-13-16/h3-4,6-9,12-13,15,22H,5,10-11,14H2,1-2H3,(H,29,32)(H,30,33)/t22-/m0/s1. The molecule has 0 unspecified atom stereocenters. The van der Waals surface area contributed by atoms with E-state index in [-0.39, 0.29) is 11.8 Å². The maximum absolute atomic E-state index is 13.6. The van der Waals surface area contributed by atoms with E-state index in [2.05, 4.69) is 15.6 Å². The number of nitrogens with zero attached hydrogens (tertiary/aromatic N) is 2. The van der Waals surface area contributed by atoms with Crippen molar-refractivity contribution in [1.82, 2.24) is 15.2 Å². The zero-order valence-electron chi connectivity index (χ0n) is 20.0. The molecule has 3 aromatic rings. The van der Waals surface area contributed by atoms with Gasteiger partial charge in [0, 0.05) is 23.8 Å². The normalized spacial score (nSPS) is 15.1. The van der Waals surface area contributed by atoms with E-state index in [1.807, 2.05) is 6.07 Å². The second-order valence-corrected chi connectivity index (χ2v) is 10.4. The number of thiophene rings is 1. The Labute approximate surface area is 212 Å². The average Bonchev–Trinajstić information content (AvgIpc) is 3.52. The molecule has 9 heteroatoms. The largest absolute Gasteiger partial charge is 0.348 e. The lowest BCUT2D eigenvalue weighted by atomic mass is 10.0. The summed E-state index contributed by atoms with van der Waals surface area (Å²) in [7, 11) is 0. The molecule has 1 aliphatic heterocycles. The van der Waals surface area contributed by atoms with Crippen molar-refractivity contribution in [3.05, 3.63) is 81.5 Å². The van der Waals surface area contributed by atoms with Crippen LogP contribution in [0.4, 0.5) is 5.00 Å². The molecule has 0 saturated heterocycles. The zero-order valence-corrected chi connectivity index (χ0v) is 20.9. The number of imide groups is 1. The van der Waals surface area contributed by atoms with Crippen LogP contribution in [0.15, 0.2) is 48.8 Å². The number of aromatic nitrogens is 1. The molecule has 1 aromatic carbocycles. The summed E-state index contributed by atoms with van der Waals surface area (Å²) in [4.78, 5) is 59.2. The molecule has 184 valence electrons. The summed E-state index contributed by atoms with van der Waals surface area (Å²) in [5.74, 6) is -2.04. The summed E-state index contributed by atoms with van der Waals surface area (Å²) in [5.41, 5.74) is 2.89. The van der Waals surface area contributed by atoms with Gasteiger partial charge < -0.3 is 10.6 Å². The first kappa shape index (κ1) is 23.9. The Morgan fingerprint density at radius 3 is 2.42 bits per heavy atom. The van der Waals surface area contributed by atoms with Crippen LogP contribution in [-0.4, -0.2) is 39.6 Å². The Hall–Kier alpha value is -3.85. The van der Waals surface area contributed by atoms with E-state index in [4.69, 9.17) is 0 Å². The van der Waals surface area contributed by atoms with E-state index in [0.717, 1.165) is 40.2 Å². The molecule has 0 spiro atoms. The second-order valence-electron chi connectivity index (χ2n) is 9.31. The van der Waals surface area contributed by atoms with Crippen LogP contribution in [0.25, 0.3) is 0 Å². The Morgan fingerprint density at radius 2 is 1.78 bits per heavy atom. The first-order valence-corrected chi connectivity index (χ1v) is 12.8. The molecule has 3 heterocycles. The summed E-state index contributed by atoms with van der Waals surface area (Å²) in [6.07, 6.45) is 5.94. The Bertz CT molecular complexity index is 1330. The Kier molecular flexibility index (Phi) is 6.40. The predicted octanol–water partition coefficient (Wildman–Crippen LogP) is 3.82. The van der Waals surface area contributed by atoms with Gasteiger partial charge >= 0.3 is 0 Å². The van der Waals surface area contributed by atoms with Gasteiger partial charge in [0.25, 0.3) is 17.7 Å². The van der Waals surface area contributed by atoms with E-state index < -0.39 is 23.8 Å². The average molecular weight is 503 g/mol. The monoisotopic (exact) mass is 502 g/mol. The number of pyridine rings is 1. The molecule has 2 aliphatic rings. The fourth-order valence-corrected chi connectivity index (χ4v) is 6.16. The molecule has 36 heavy (non-hydrogen) atoms. The van der Waals surface area contributed by atoms with Gasteiger partial charge in [-0.3, -0.25) is 29.1 Å². The van der Waals surface area contributed by atoms with Crippen molar-refractivity contribution in [2.24, 2.45) is 5.92 Å². The highest BCUT2D eigenvalue weighted by Crippen LogP contribution is 2.39. The summed E-state index contributed by atoms with van der Waals surface area (Å²) < 4.78 is 0. The molecule has 2 aromatic heterocycles. The number of carbonyl (C=O) groups excluding carboxylic acids is 4. The molecule has 2 N–H and O–H groups in total. The number of nitrogens with one attached hydrogen (secondary N) is 2. The number of benzene rings is 1. The third-order valence-electron chi connectivity index (χ3n) is 6.56. The van der Waals surface area contributed by atoms with Gasteiger partial charge in [-0.05, 0) is 54.5 Å². The van der Waals surface area contributed by atoms with Crippen LogP contribution in [0.3, 0.4) is 0 Å². The van der Waals surface area contributed by atoms with Crippen LogP contribution in [0.5, 0.6) is 0 Å². The van der Waals surface area contributed by atoms with Crippen molar-refractivity contribution in [1.29, 1.82) is 0 Å². The lowest BCUT2D eigenvalue weighted by Crippen LogP contribution is -2.50. The minimum Gasteiger partial charge on any atom is -0.348 e. The molecular weight excluding hydrogens is 476 g/mol. The van der Waals surface area contributed by atoms with E-state index in [1.165, 1.54) is 11.3 Å². The molecule has 5 rings (SSSR count). The summed E-state index contributed by atoms with van der Waals surface area (Å²) in [5, 5.41) is 6.30. The van der Waals surface area contributed by atoms with Crippen LogP contribution in [0.2, 0.25) is 0 Å². The molecule has 0 saturated carbocycles. The van der Waals surface area contributed by atoms with Gasteiger partial charge in [0.15, 0.2) is 0 Å². The maximum atomic E-state index is 13.6. The van der Waals surface area contributed by atoms with Gasteiger partial charge in [-0.1, -0.05) is 32.0 Å². The molecule has 0 fully saturated rings. The SMILES string of the molecule is CC(C)[C@@H](C(=O)Nc1sc2c(c1C(=O)NCc1cccnc1)CCC2)N1C(=O)c2ccccc2C1=O. The number of hydrogen-bond acceptors (Lipinski definition) is 6. The molecular formula is C27H26N4O4S. The number of carbonyl (C=O) groups is 4. The molecule has 8 nitrogen and oxygen atoms in total. The highest BCUT2D eigenvalue weighted by Gasteiger charge is 2.44. The van der Waals surface area contributed by atoms with Crippen molar-refractivity contribution in [2.45, 2.75) is 45.7 Å². The van der Waals surface area contributed by atoms with Gasteiger partial charge in [0.05, 0.1) is 16.7 Å². The van der Waals surface area contributed by atoms with Crippen LogP contribution < -0.4 is 10.6 Å². The predicted molar refractivity (Wildman–Crippen MR) is 136 cm³/mol. The van der Waals surface area contributed by atoms with Gasteiger partial charge in [-0.2, -0.15) is 0 Å².